The smallest absolute Gasteiger partial charge is 0.412 e. The minimum atomic E-state index is -0.740. The lowest BCUT2D eigenvalue weighted by molar-refractivity contribution is 0.0127. The number of carbonyl (C=O) groups is 4. The number of anilines is 1. The second-order valence-electron chi connectivity index (χ2n) is 11.8. The third-order valence-corrected chi connectivity index (χ3v) is 5.90. The number of nitrogens with zero attached hydrogens (tertiary/aromatic N) is 1. The largest absolute Gasteiger partial charge is 0.508 e. The van der Waals surface area contributed by atoms with Crippen LogP contribution in [0, 0.1) is 0 Å². The van der Waals surface area contributed by atoms with Crippen molar-refractivity contribution in [2.24, 2.45) is 0 Å². The molecule has 1 heterocycles. The molecule has 1 aliphatic rings. The normalized spacial score (nSPS) is 17.6. The van der Waals surface area contributed by atoms with Crippen molar-refractivity contribution in [3.8, 4) is 5.75 Å². The van der Waals surface area contributed by atoms with Gasteiger partial charge in [-0.15, -0.1) is 0 Å². The van der Waals surface area contributed by atoms with E-state index < -0.39 is 47.4 Å². The van der Waals surface area contributed by atoms with Gasteiger partial charge >= 0.3 is 18.2 Å². The fraction of sp³-hybridized carbons (Fsp3) is 0.467. The summed E-state index contributed by atoms with van der Waals surface area (Å²) in [6, 6.07) is 11.2. The monoisotopic (exact) mass is 569 g/mol. The van der Waals surface area contributed by atoms with Crippen LogP contribution in [0.15, 0.2) is 48.5 Å². The van der Waals surface area contributed by atoms with Gasteiger partial charge in [0.1, 0.15) is 23.1 Å². The zero-order valence-corrected chi connectivity index (χ0v) is 24.4. The average molecular weight is 570 g/mol. The first-order valence-electron chi connectivity index (χ1n) is 13.5. The molecule has 1 fully saturated rings. The van der Waals surface area contributed by atoms with Crippen LogP contribution in [0.5, 0.6) is 5.75 Å². The Kier molecular flexibility index (Phi) is 9.85. The van der Waals surface area contributed by atoms with E-state index in [1.165, 1.54) is 41.3 Å². The molecule has 41 heavy (non-hydrogen) atoms. The van der Waals surface area contributed by atoms with Gasteiger partial charge in [-0.1, -0.05) is 0 Å². The first-order chi connectivity index (χ1) is 19.1. The summed E-state index contributed by atoms with van der Waals surface area (Å²) in [6.07, 6.45) is -0.976. The lowest BCUT2D eigenvalue weighted by Gasteiger charge is -2.30. The number of amides is 3. The number of carbonyl (C=O) groups excluding carboxylic acids is 4. The number of benzene rings is 2. The lowest BCUT2D eigenvalue weighted by Crippen LogP contribution is -2.51. The molecule has 3 N–H and O–H groups in total. The Hall–Kier alpha value is -4.28. The molecule has 11 nitrogen and oxygen atoms in total. The van der Waals surface area contributed by atoms with Crippen molar-refractivity contribution in [3.05, 3.63) is 59.7 Å². The van der Waals surface area contributed by atoms with E-state index in [2.05, 4.69) is 10.6 Å². The maximum Gasteiger partial charge on any atom is 0.412 e. The SMILES string of the molecule is CC(C)(C)OC(=O)Nc1ccc(C(=O)O[C@@H]2CCCN(C(=O)OC(C)(C)C)C[C@H]2NC(=O)c2ccc(O)cc2)cc1. The Labute approximate surface area is 240 Å². The van der Waals surface area contributed by atoms with Crippen LogP contribution in [0.1, 0.15) is 75.1 Å². The molecule has 1 saturated heterocycles. The predicted octanol–water partition coefficient (Wildman–Crippen LogP) is 5.09. The van der Waals surface area contributed by atoms with Crippen LogP contribution < -0.4 is 10.6 Å². The van der Waals surface area contributed by atoms with Gasteiger partial charge in [-0.2, -0.15) is 0 Å². The van der Waals surface area contributed by atoms with E-state index in [-0.39, 0.29) is 17.9 Å². The predicted molar refractivity (Wildman–Crippen MR) is 152 cm³/mol. The maximum absolute atomic E-state index is 13.1. The Morgan fingerprint density at radius 1 is 0.854 bits per heavy atom. The first-order valence-corrected chi connectivity index (χ1v) is 13.5. The zero-order valence-electron chi connectivity index (χ0n) is 24.4. The number of hydrogen-bond donors (Lipinski definition) is 3. The van der Waals surface area contributed by atoms with Crippen molar-refractivity contribution < 1.29 is 38.5 Å². The van der Waals surface area contributed by atoms with E-state index >= 15 is 0 Å². The maximum atomic E-state index is 13.1. The highest BCUT2D eigenvalue weighted by Crippen LogP contribution is 2.21. The highest BCUT2D eigenvalue weighted by Gasteiger charge is 2.35. The molecule has 2 atom stereocenters. The number of esters is 1. The summed E-state index contributed by atoms with van der Waals surface area (Å²) in [5, 5.41) is 15.1. The van der Waals surface area contributed by atoms with Crippen molar-refractivity contribution >= 4 is 29.8 Å². The van der Waals surface area contributed by atoms with Crippen LogP contribution in [-0.4, -0.2) is 70.5 Å². The van der Waals surface area contributed by atoms with Gasteiger partial charge in [-0.25, -0.2) is 14.4 Å². The molecule has 2 aromatic rings. The van der Waals surface area contributed by atoms with E-state index in [0.717, 1.165) is 0 Å². The van der Waals surface area contributed by atoms with Gasteiger partial charge in [0, 0.05) is 24.3 Å². The quantitative estimate of drug-likeness (QED) is 0.334. The third-order valence-electron chi connectivity index (χ3n) is 5.90. The summed E-state index contributed by atoms with van der Waals surface area (Å²) < 4.78 is 16.6. The van der Waals surface area contributed by atoms with Crippen LogP contribution >= 0.6 is 0 Å². The van der Waals surface area contributed by atoms with E-state index in [0.29, 0.717) is 30.6 Å². The van der Waals surface area contributed by atoms with Gasteiger partial charge < -0.3 is 29.5 Å². The molecule has 0 bridgehead atoms. The minimum Gasteiger partial charge on any atom is -0.508 e. The van der Waals surface area contributed by atoms with Gasteiger partial charge in [0.2, 0.25) is 0 Å². The molecular weight excluding hydrogens is 530 g/mol. The van der Waals surface area contributed by atoms with Crippen molar-refractivity contribution in [3.63, 3.8) is 0 Å². The number of ether oxygens (including phenoxy) is 3. The Morgan fingerprint density at radius 2 is 1.44 bits per heavy atom. The Morgan fingerprint density at radius 3 is 2.02 bits per heavy atom. The van der Waals surface area contributed by atoms with Gasteiger partial charge in [-0.3, -0.25) is 10.1 Å². The molecule has 0 radical (unpaired) electrons. The third kappa shape index (κ3) is 10.0. The van der Waals surface area contributed by atoms with Crippen LogP contribution in [0.4, 0.5) is 15.3 Å². The highest BCUT2D eigenvalue weighted by molar-refractivity contribution is 5.95. The highest BCUT2D eigenvalue weighted by atomic mass is 16.6. The van der Waals surface area contributed by atoms with E-state index in [1.54, 1.807) is 53.7 Å². The van der Waals surface area contributed by atoms with Crippen LogP contribution in [0.25, 0.3) is 0 Å². The number of phenolic OH excluding ortho intramolecular Hbond substituents is 1. The fourth-order valence-electron chi connectivity index (χ4n) is 4.08. The van der Waals surface area contributed by atoms with Gasteiger partial charge in [-0.05, 0) is 103 Å². The Balaban J connectivity index is 1.75. The van der Waals surface area contributed by atoms with Crippen LogP contribution in [0.3, 0.4) is 0 Å². The molecule has 3 rings (SSSR count). The molecule has 0 aromatic heterocycles. The van der Waals surface area contributed by atoms with Crippen molar-refractivity contribution in [2.45, 2.75) is 77.7 Å². The molecule has 11 heteroatoms. The topological polar surface area (TPSA) is 144 Å². The molecule has 0 spiro atoms. The molecule has 222 valence electrons. The number of likely N-dealkylation sites (tertiary alicyclic amines) is 1. The summed E-state index contributed by atoms with van der Waals surface area (Å²) >= 11 is 0. The van der Waals surface area contributed by atoms with Crippen molar-refractivity contribution in [2.75, 3.05) is 18.4 Å². The minimum absolute atomic E-state index is 0.0197. The number of phenols is 1. The van der Waals surface area contributed by atoms with Gasteiger partial charge in [0.25, 0.3) is 5.91 Å². The first kappa shape index (κ1) is 31.3. The number of rotatable bonds is 5. The summed E-state index contributed by atoms with van der Waals surface area (Å²) in [5.41, 5.74) is -0.368. The number of hydrogen-bond acceptors (Lipinski definition) is 8. The zero-order chi connectivity index (χ0) is 30.4. The van der Waals surface area contributed by atoms with E-state index in [1.807, 2.05) is 0 Å². The molecule has 1 aliphatic heterocycles. The fourth-order valence-corrected chi connectivity index (χ4v) is 4.08. The van der Waals surface area contributed by atoms with Gasteiger partial charge in [0.15, 0.2) is 0 Å². The molecule has 0 saturated carbocycles. The lowest BCUT2D eigenvalue weighted by atomic mass is 10.1. The summed E-state index contributed by atoms with van der Waals surface area (Å²) in [4.78, 5) is 52.5. The Bertz CT molecular complexity index is 1230. The summed E-state index contributed by atoms with van der Waals surface area (Å²) in [5.74, 6) is -1.04. The van der Waals surface area contributed by atoms with Crippen LogP contribution in [0.2, 0.25) is 0 Å². The second-order valence-corrected chi connectivity index (χ2v) is 11.8. The molecule has 2 aromatic carbocycles. The molecular formula is C30H39N3O8. The molecule has 0 unspecified atom stereocenters. The standard InChI is InChI=1S/C30H39N3O8/c1-29(2,3)40-27(37)31-21-13-9-20(10-14-21)26(36)39-24-8-7-17-33(28(38)41-30(4,5)6)18-23(24)32-25(35)19-11-15-22(34)16-12-19/h9-16,23-24,34H,7-8,17-18H2,1-6H3,(H,31,37)(H,32,35)/t23-,24-/m1/s1. The van der Waals surface area contributed by atoms with Crippen molar-refractivity contribution in [1.29, 1.82) is 0 Å². The molecule has 0 aliphatic carbocycles. The molecule has 3 amide bonds. The summed E-state index contributed by atoms with van der Waals surface area (Å²) in [6.45, 7) is 11.0. The van der Waals surface area contributed by atoms with E-state index in [9.17, 15) is 24.3 Å². The second kappa shape index (κ2) is 12.9. The van der Waals surface area contributed by atoms with Crippen LogP contribution in [-0.2, 0) is 14.2 Å². The van der Waals surface area contributed by atoms with E-state index in [4.69, 9.17) is 14.2 Å². The number of aromatic hydroxyl groups is 1. The summed E-state index contributed by atoms with van der Waals surface area (Å²) in [7, 11) is 0. The number of nitrogens with one attached hydrogen (secondary N) is 2. The van der Waals surface area contributed by atoms with Crippen molar-refractivity contribution in [1.82, 2.24) is 10.2 Å². The van der Waals surface area contributed by atoms with Gasteiger partial charge in [0.05, 0.1) is 11.6 Å². The average Bonchev–Trinajstić information content (AvgIpc) is 3.05.